The molecule has 1 aliphatic rings. The molecule has 1 atom stereocenters. The van der Waals surface area contributed by atoms with Gasteiger partial charge < -0.3 is 19.5 Å². The minimum Gasteiger partial charge on any atom is -0.491 e. The molecule has 0 saturated carbocycles. The first-order valence-electron chi connectivity index (χ1n) is 9.20. The van der Waals surface area contributed by atoms with Crippen LogP contribution in [-0.2, 0) is 4.74 Å². The fourth-order valence-corrected chi connectivity index (χ4v) is 3.24. The lowest BCUT2D eigenvalue weighted by molar-refractivity contribution is -0.903. The van der Waals surface area contributed by atoms with Gasteiger partial charge in [-0.3, -0.25) is 4.90 Å². The highest BCUT2D eigenvalue weighted by atomic mass is 16.5. The molecule has 7 nitrogen and oxygen atoms in total. The van der Waals surface area contributed by atoms with E-state index in [1.54, 1.807) is 24.3 Å². The third-order valence-corrected chi connectivity index (χ3v) is 4.75. The van der Waals surface area contributed by atoms with E-state index in [1.165, 1.54) is 12.0 Å². The molecule has 0 aliphatic carbocycles. The van der Waals surface area contributed by atoms with Crippen LogP contribution in [0.15, 0.2) is 48.7 Å². The summed E-state index contributed by atoms with van der Waals surface area (Å²) in [6, 6.07) is 12.8. The molecule has 1 saturated heterocycles. The molecular formula is C20H27N3O4+2. The van der Waals surface area contributed by atoms with E-state index in [2.05, 4.69) is 20.7 Å². The van der Waals surface area contributed by atoms with E-state index in [0.717, 1.165) is 32.0 Å². The quantitative estimate of drug-likeness (QED) is 0.636. The summed E-state index contributed by atoms with van der Waals surface area (Å²) in [7, 11) is 1.35. The fraction of sp³-hybridized carbons (Fsp3) is 0.400. The van der Waals surface area contributed by atoms with Crippen molar-refractivity contribution in [2.75, 3.05) is 51.3 Å². The van der Waals surface area contributed by atoms with Gasteiger partial charge in [0, 0.05) is 6.07 Å². The first-order valence-corrected chi connectivity index (χ1v) is 9.20. The number of carbonyl (C=O) groups is 1. The molecule has 0 amide bonds. The molecular weight excluding hydrogens is 346 g/mol. The van der Waals surface area contributed by atoms with Gasteiger partial charge in [-0.05, 0) is 30.3 Å². The van der Waals surface area contributed by atoms with Gasteiger partial charge in [0.15, 0.2) is 0 Å². The molecule has 7 heteroatoms. The Labute approximate surface area is 159 Å². The fourth-order valence-electron chi connectivity index (χ4n) is 3.24. The molecule has 2 heterocycles. The summed E-state index contributed by atoms with van der Waals surface area (Å²) in [6.07, 6.45) is 1.41. The smallest absolute Gasteiger partial charge is 0.337 e. The lowest BCUT2D eigenvalue weighted by Crippen LogP contribution is -3.16. The van der Waals surface area contributed by atoms with Crippen LogP contribution < -0.4 is 19.5 Å². The topological polar surface area (TPSA) is 77.6 Å². The number of aromatic amines is 1. The minimum absolute atomic E-state index is 0.233. The van der Waals surface area contributed by atoms with Gasteiger partial charge in [-0.25, -0.2) is 9.78 Å². The van der Waals surface area contributed by atoms with E-state index in [-0.39, 0.29) is 12.6 Å². The van der Waals surface area contributed by atoms with Crippen molar-refractivity contribution in [1.29, 1.82) is 0 Å². The Kier molecular flexibility index (Phi) is 6.62. The number of methoxy groups -OCH3 is 1. The summed E-state index contributed by atoms with van der Waals surface area (Å²) in [5.41, 5.74) is 0.475. The van der Waals surface area contributed by atoms with E-state index in [4.69, 9.17) is 4.74 Å². The largest absolute Gasteiger partial charge is 0.491 e. The Hall–Kier alpha value is -2.64. The van der Waals surface area contributed by atoms with Crippen molar-refractivity contribution in [3.05, 3.63) is 54.2 Å². The van der Waals surface area contributed by atoms with Crippen molar-refractivity contribution >= 4 is 11.8 Å². The van der Waals surface area contributed by atoms with Crippen molar-refractivity contribution in [2.45, 2.75) is 6.10 Å². The molecule has 2 aromatic rings. The number of rotatable bonds is 7. The third-order valence-electron chi connectivity index (χ3n) is 4.75. The number of aliphatic hydroxyl groups excluding tert-OH is 1. The maximum absolute atomic E-state index is 11.4. The van der Waals surface area contributed by atoms with E-state index < -0.39 is 6.10 Å². The van der Waals surface area contributed by atoms with Gasteiger partial charge in [0.05, 0.1) is 18.9 Å². The predicted octanol–water partition coefficient (Wildman–Crippen LogP) is -0.568. The van der Waals surface area contributed by atoms with Gasteiger partial charge in [-0.2, -0.15) is 0 Å². The van der Waals surface area contributed by atoms with Crippen molar-refractivity contribution in [1.82, 2.24) is 0 Å². The number of anilines is 1. The molecule has 0 radical (unpaired) electrons. The number of H-pyrrole nitrogens is 1. The van der Waals surface area contributed by atoms with Crippen LogP contribution in [0.25, 0.3) is 0 Å². The Bertz CT molecular complexity index is 716. The van der Waals surface area contributed by atoms with E-state index in [1.807, 2.05) is 18.3 Å². The lowest BCUT2D eigenvalue weighted by atomic mass is 10.2. The Morgan fingerprint density at radius 2 is 1.96 bits per heavy atom. The third kappa shape index (κ3) is 5.42. The van der Waals surface area contributed by atoms with Crippen LogP contribution in [0.1, 0.15) is 10.4 Å². The number of ether oxygens (including phenoxy) is 2. The molecule has 0 bridgehead atoms. The Morgan fingerprint density at radius 3 is 2.59 bits per heavy atom. The van der Waals surface area contributed by atoms with Gasteiger partial charge in [0.25, 0.3) is 5.82 Å². The number of hydrogen-bond donors (Lipinski definition) is 2. The van der Waals surface area contributed by atoms with Crippen LogP contribution in [0.2, 0.25) is 0 Å². The van der Waals surface area contributed by atoms with Crippen LogP contribution in [-0.4, -0.2) is 63.6 Å². The van der Waals surface area contributed by atoms with Crippen LogP contribution in [0.4, 0.5) is 5.82 Å². The number of carbonyl (C=O) groups excluding carboxylic acids is 1. The van der Waals surface area contributed by atoms with Gasteiger partial charge >= 0.3 is 5.97 Å². The summed E-state index contributed by atoms with van der Waals surface area (Å²) >= 11 is 0. The van der Waals surface area contributed by atoms with Crippen LogP contribution in [0.3, 0.4) is 0 Å². The van der Waals surface area contributed by atoms with E-state index in [9.17, 15) is 9.90 Å². The van der Waals surface area contributed by atoms with Crippen LogP contribution >= 0.6 is 0 Å². The first-order chi connectivity index (χ1) is 13.2. The standard InChI is InChI=1S/C20H25N3O4/c1-26-20(25)16-5-7-18(8-6-16)27-15-17(24)14-22-10-12-23(13-11-22)19-4-2-3-9-21-19/h2-9,17,24H,10-15H2,1H3/p+2/t17-/m0/s1. The number of pyridine rings is 1. The number of benzene rings is 1. The van der Waals surface area contributed by atoms with Gasteiger partial charge in [-0.15, -0.1) is 0 Å². The van der Waals surface area contributed by atoms with Gasteiger partial charge in [-0.1, -0.05) is 6.07 Å². The number of hydrogen-bond acceptors (Lipinski definition) is 5. The molecule has 1 fully saturated rings. The minimum atomic E-state index is -0.532. The monoisotopic (exact) mass is 373 g/mol. The normalized spacial score (nSPS) is 16.0. The number of nitrogens with one attached hydrogen (secondary N) is 2. The van der Waals surface area contributed by atoms with Crippen molar-refractivity contribution in [3.63, 3.8) is 0 Å². The van der Waals surface area contributed by atoms with Crippen molar-refractivity contribution in [2.24, 2.45) is 0 Å². The number of aliphatic hydroxyl groups is 1. The van der Waals surface area contributed by atoms with E-state index >= 15 is 0 Å². The Morgan fingerprint density at radius 1 is 1.22 bits per heavy atom. The predicted molar refractivity (Wildman–Crippen MR) is 100 cm³/mol. The molecule has 3 N–H and O–H groups in total. The number of esters is 1. The summed E-state index contributed by atoms with van der Waals surface area (Å²) in [4.78, 5) is 18.4. The van der Waals surface area contributed by atoms with Crippen molar-refractivity contribution in [3.8, 4) is 5.75 Å². The number of quaternary nitrogens is 1. The zero-order valence-electron chi connectivity index (χ0n) is 15.6. The molecule has 1 aromatic carbocycles. The highest BCUT2D eigenvalue weighted by Gasteiger charge is 2.27. The summed E-state index contributed by atoms with van der Waals surface area (Å²) < 4.78 is 10.3. The lowest BCUT2D eigenvalue weighted by Gasteiger charge is -2.29. The maximum atomic E-state index is 11.4. The van der Waals surface area contributed by atoms with Gasteiger partial charge in [0.2, 0.25) is 0 Å². The number of nitrogens with zero attached hydrogens (tertiary/aromatic N) is 1. The number of piperazine rings is 1. The van der Waals surface area contributed by atoms with Gasteiger partial charge in [0.1, 0.15) is 51.2 Å². The number of aromatic nitrogens is 1. The summed E-state index contributed by atoms with van der Waals surface area (Å²) in [5, 5.41) is 10.3. The SMILES string of the molecule is COC(=O)c1ccc(OC[C@@H](O)C[NH+]2CCN(c3cccc[nH+]3)CC2)cc1. The van der Waals surface area contributed by atoms with E-state index in [0.29, 0.717) is 17.9 Å². The zero-order valence-corrected chi connectivity index (χ0v) is 15.6. The first kappa shape index (κ1) is 19.1. The van der Waals surface area contributed by atoms with Crippen molar-refractivity contribution < 1.29 is 29.3 Å². The zero-order chi connectivity index (χ0) is 19.1. The molecule has 1 aromatic heterocycles. The van der Waals surface area contributed by atoms with Crippen LogP contribution in [0, 0.1) is 0 Å². The average molecular weight is 373 g/mol. The molecule has 0 spiro atoms. The molecule has 0 unspecified atom stereocenters. The highest BCUT2D eigenvalue weighted by molar-refractivity contribution is 5.89. The second kappa shape index (κ2) is 9.34. The molecule has 144 valence electrons. The second-order valence-electron chi connectivity index (χ2n) is 6.67. The van der Waals surface area contributed by atoms with Crippen LogP contribution in [0.5, 0.6) is 5.75 Å². The molecule has 27 heavy (non-hydrogen) atoms. The summed E-state index contributed by atoms with van der Waals surface area (Å²) in [6.45, 7) is 4.77. The Balaban J connectivity index is 1.40. The molecule has 3 rings (SSSR count). The second-order valence-corrected chi connectivity index (χ2v) is 6.67. The highest BCUT2D eigenvalue weighted by Crippen LogP contribution is 2.13. The molecule has 1 aliphatic heterocycles. The summed E-state index contributed by atoms with van der Waals surface area (Å²) in [5.74, 6) is 1.38. The average Bonchev–Trinajstić information content (AvgIpc) is 2.73. The maximum Gasteiger partial charge on any atom is 0.337 e.